The first kappa shape index (κ1) is 21.6. The number of nitro benzene ring substituents is 1. The Morgan fingerprint density at radius 1 is 1.09 bits per heavy atom. The smallest absolute Gasteiger partial charge is 0.270 e. The molecule has 0 N–H and O–H groups in total. The predicted molar refractivity (Wildman–Crippen MR) is 121 cm³/mol. The number of anilines is 1. The van der Waals surface area contributed by atoms with Crippen molar-refractivity contribution in [3.8, 4) is 6.07 Å². The highest BCUT2D eigenvalue weighted by Crippen LogP contribution is 2.47. The molecule has 2 fully saturated rings. The molecule has 4 atom stereocenters. The maximum atomic E-state index is 13.6. The van der Waals surface area contributed by atoms with Crippen LogP contribution in [0.2, 0.25) is 5.02 Å². The molecule has 10 heteroatoms. The van der Waals surface area contributed by atoms with E-state index in [1.54, 1.807) is 35.2 Å². The molecular formula is C24H15ClN4O5. The molecule has 2 aromatic rings. The van der Waals surface area contributed by atoms with Crippen molar-refractivity contribution in [1.29, 1.82) is 5.26 Å². The molecule has 3 aliphatic heterocycles. The van der Waals surface area contributed by atoms with Crippen molar-refractivity contribution in [3.05, 3.63) is 93.2 Å². The molecular weight excluding hydrogens is 460 g/mol. The molecule has 0 radical (unpaired) electrons. The van der Waals surface area contributed by atoms with Crippen LogP contribution < -0.4 is 4.90 Å². The molecule has 0 aromatic heterocycles. The molecule has 168 valence electrons. The van der Waals surface area contributed by atoms with Gasteiger partial charge in [0.05, 0.1) is 45.2 Å². The Balaban J connectivity index is 1.62. The fourth-order valence-corrected chi connectivity index (χ4v) is 5.16. The van der Waals surface area contributed by atoms with Gasteiger partial charge in [0.1, 0.15) is 6.04 Å². The fourth-order valence-electron chi connectivity index (χ4n) is 4.94. The Hall–Kier alpha value is -4.29. The van der Waals surface area contributed by atoms with Crippen molar-refractivity contribution < 1.29 is 19.3 Å². The van der Waals surface area contributed by atoms with E-state index in [2.05, 4.69) is 0 Å². The maximum Gasteiger partial charge on any atom is 0.270 e. The second kappa shape index (κ2) is 7.93. The summed E-state index contributed by atoms with van der Waals surface area (Å²) in [5.74, 6) is -3.61. The van der Waals surface area contributed by atoms with Gasteiger partial charge in [-0.2, -0.15) is 5.26 Å². The normalized spacial score (nSPS) is 25.0. The van der Waals surface area contributed by atoms with Crippen LogP contribution in [0.4, 0.5) is 11.4 Å². The number of ketones is 1. The minimum Gasteiger partial charge on any atom is -0.359 e. The van der Waals surface area contributed by atoms with Crippen LogP contribution in [0.3, 0.4) is 0 Å². The molecule has 0 spiro atoms. The molecule has 2 saturated heterocycles. The van der Waals surface area contributed by atoms with E-state index in [1.165, 1.54) is 30.5 Å². The number of amides is 2. The highest BCUT2D eigenvalue weighted by atomic mass is 35.5. The molecule has 2 amide bonds. The van der Waals surface area contributed by atoms with Crippen molar-refractivity contribution in [3.63, 3.8) is 0 Å². The lowest BCUT2D eigenvalue weighted by molar-refractivity contribution is -0.384. The van der Waals surface area contributed by atoms with Crippen molar-refractivity contribution >= 4 is 40.6 Å². The molecule has 5 rings (SSSR count). The summed E-state index contributed by atoms with van der Waals surface area (Å²) in [7, 11) is 0. The van der Waals surface area contributed by atoms with Crippen LogP contribution >= 0.6 is 11.6 Å². The third kappa shape index (κ3) is 3.11. The van der Waals surface area contributed by atoms with E-state index in [1.807, 2.05) is 6.07 Å². The van der Waals surface area contributed by atoms with Crippen LogP contribution in [0.5, 0.6) is 0 Å². The largest absolute Gasteiger partial charge is 0.359 e. The summed E-state index contributed by atoms with van der Waals surface area (Å²) in [6, 6.07) is 11.9. The number of hydrogen-bond donors (Lipinski definition) is 0. The van der Waals surface area contributed by atoms with E-state index in [-0.39, 0.29) is 22.0 Å². The first-order valence-electron chi connectivity index (χ1n) is 10.3. The quantitative estimate of drug-likeness (QED) is 0.288. The van der Waals surface area contributed by atoms with Gasteiger partial charge in [-0.15, -0.1) is 0 Å². The Morgan fingerprint density at radius 3 is 2.53 bits per heavy atom. The van der Waals surface area contributed by atoms with Crippen molar-refractivity contribution in [1.82, 2.24) is 4.90 Å². The van der Waals surface area contributed by atoms with Crippen molar-refractivity contribution in [2.75, 3.05) is 4.90 Å². The second-order valence-corrected chi connectivity index (χ2v) is 8.53. The van der Waals surface area contributed by atoms with Crippen LogP contribution in [-0.2, 0) is 9.59 Å². The number of carbonyl (C=O) groups is 3. The van der Waals surface area contributed by atoms with E-state index in [0.717, 1.165) is 11.0 Å². The molecule has 34 heavy (non-hydrogen) atoms. The Morgan fingerprint density at radius 2 is 1.82 bits per heavy atom. The average Bonchev–Trinajstić information content (AvgIpc) is 3.31. The summed E-state index contributed by atoms with van der Waals surface area (Å²) >= 11 is 6.26. The number of carbonyl (C=O) groups excluding carboxylic acids is 3. The fraction of sp³-hybridized carbons (Fsp3) is 0.167. The van der Waals surface area contributed by atoms with Gasteiger partial charge in [-0.3, -0.25) is 24.5 Å². The standard InChI is InChI=1S/C24H15ClN4O5/c25-16-6-1-2-7-17(16)28-23(31)19-18-10-13(12-26)8-9-27(18)21(20(19)24(28)32)22(30)14-4-3-5-15(11-14)29(33)34/h1-11,18-21H/t18-,19+,20+,21-/m1/s1. The topological polar surface area (TPSA) is 125 Å². The molecule has 9 nitrogen and oxygen atoms in total. The van der Waals surface area contributed by atoms with Gasteiger partial charge >= 0.3 is 0 Å². The van der Waals surface area contributed by atoms with E-state index in [0.29, 0.717) is 5.57 Å². The number of Topliss-reactive ketones (excluding diaryl/α,β-unsaturated/α-hetero) is 1. The van der Waals surface area contributed by atoms with Crippen LogP contribution in [-0.4, -0.2) is 39.5 Å². The molecule has 0 bridgehead atoms. The number of non-ortho nitro benzene ring substituents is 1. The third-order valence-corrected chi connectivity index (χ3v) is 6.70. The predicted octanol–water partition coefficient (Wildman–Crippen LogP) is 3.27. The number of imide groups is 1. The van der Waals surface area contributed by atoms with Crippen molar-refractivity contribution in [2.45, 2.75) is 12.1 Å². The summed E-state index contributed by atoms with van der Waals surface area (Å²) in [6.45, 7) is 0. The van der Waals surface area contributed by atoms with E-state index >= 15 is 0 Å². The van der Waals surface area contributed by atoms with Gasteiger partial charge in [-0.05, 0) is 24.3 Å². The van der Waals surface area contributed by atoms with Gasteiger partial charge in [0, 0.05) is 23.9 Å². The van der Waals surface area contributed by atoms with Gasteiger partial charge in [-0.25, -0.2) is 4.90 Å². The van der Waals surface area contributed by atoms with Crippen LogP contribution in [0.1, 0.15) is 10.4 Å². The highest BCUT2D eigenvalue weighted by molar-refractivity contribution is 6.36. The number of halogens is 1. The van der Waals surface area contributed by atoms with E-state index in [9.17, 15) is 29.8 Å². The summed E-state index contributed by atoms with van der Waals surface area (Å²) in [6.07, 6.45) is 4.60. The zero-order valence-electron chi connectivity index (χ0n) is 17.4. The molecule has 3 aliphatic rings. The lowest BCUT2D eigenvalue weighted by atomic mass is 9.86. The zero-order chi connectivity index (χ0) is 24.1. The first-order valence-corrected chi connectivity index (χ1v) is 10.7. The number of fused-ring (bicyclic) bond motifs is 3. The average molecular weight is 475 g/mol. The van der Waals surface area contributed by atoms with E-state index in [4.69, 9.17) is 11.6 Å². The lowest BCUT2D eigenvalue weighted by Crippen LogP contribution is -2.46. The van der Waals surface area contributed by atoms with Gasteiger partial charge < -0.3 is 4.90 Å². The number of benzene rings is 2. The summed E-state index contributed by atoms with van der Waals surface area (Å²) in [5, 5.41) is 20.8. The SMILES string of the molecule is N#CC1=C[C@@H]2[C@@H]3C(=O)N(c4ccccc4Cl)C(=O)[C@@H]3[C@H](C(=O)c3cccc([N+](=O)[O-])c3)N2C=C1. The highest BCUT2D eigenvalue weighted by Gasteiger charge is 2.63. The van der Waals surface area contributed by atoms with Crippen LogP contribution in [0, 0.1) is 33.3 Å². The number of para-hydroxylation sites is 1. The van der Waals surface area contributed by atoms with E-state index < -0.39 is 46.4 Å². The summed E-state index contributed by atoms with van der Waals surface area (Å²) < 4.78 is 0. The Bertz CT molecular complexity index is 1380. The molecule has 0 unspecified atom stereocenters. The number of allylic oxidation sites excluding steroid dienone is 2. The lowest BCUT2D eigenvalue weighted by Gasteiger charge is -2.32. The number of nitro groups is 1. The number of nitrogens with zero attached hydrogens (tertiary/aromatic N) is 4. The number of rotatable bonds is 4. The number of nitriles is 1. The molecule has 2 aromatic carbocycles. The van der Waals surface area contributed by atoms with Crippen molar-refractivity contribution in [2.24, 2.45) is 11.8 Å². The monoisotopic (exact) mass is 474 g/mol. The van der Waals surface area contributed by atoms with Gasteiger partial charge in [0.25, 0.3) is 5.69 Å². The molecule has 0 aliphatic carbocycles. The number of hydrogen-bond acceptors (Lipinski definition) is 7. The first-order chi connectivity index (χ1) is 16.3. The minimum atomic E-state index is -1.09. The third-order valence-electron chi connectivity index (χ3n) is 6.38. The molecule has 3 heterocycles. The molecule has 0 saturated carbocycles. The maximum absolute atomic E-state index is 13.6. The zero-order valence-corrected chi connectivity index (χ0v) is 18.1. The van der Waals surface area contributed by atoms with Gasteiger partial charge in [-0.1, -0.05) is 35.9 Å². The Kier molecular flexibility index (Phi) is 5.03. The summed E-state index contributed by atoms with van der Waals surface area (Å²) in [4.78, 5) is 54.0. The second-order valence-electron chi connectivity index (χ2n) is 8.12. The summed E-state index contributed by atoms with van der Waals surface area (Å²) in [5.41, 5.74) is 0.320. The van der Waals surface area contributed by atoms with Gasteiger partial charge in [0.15, 0.2) is 5.78 Å². The Labute approximate surface area is 198 Å². The van der Waals surface area contributed by atoms with Crippen LogP contribution in [0.15, 0.2) is 72.5 Å². The van der Waals surface area contributed by atoms with Crippen LogP contribution in [0.25, 0.3) is 0 Å². The van der Waals surface area contributed by atoms with Gasteiger partial charge in [0.2, 0.25) is 11.8 Å². The minimum absolute atomic E-state index is 0.0542.